The van der Waals surface area contributed by atoms with Gasteiger partial charge in [0, 0.05) is 0 Å². The molecule has 0 N–H and O–H groups in total. The highest BCUT2D eigenvalue weighted by molar-refractivity contribution is 5.78. The maximum absolute atomic E-state index is 14.4. The summed E-state index contributed by atoms with van der Waals surface area (Å²) in [6.45, 7) is 0. The second-order valence-corrected chi connectivity index (χ2v) is 8.41. The Kier molecular flexibility index (Phi) is 12.0. The molecule has 0 amide bonds. The molecule has 6 nitrogen and oxygen atoms in total. The first-order valence-electron chi connectivity index (χ1n) is 10.4. The van der Waals surface area contributed by atoms with Crippen LogP contribution in [0.4, 0.5) is 127 Å². The number of esters is 1. The Morgan fingerprint density at radius 1 is 0.333 bits per heavy atom. The van der Waals surface area contributed by atoms with Crippen LogP contribution in [0.3, 0.4) is 0 Å². The number of alkyl halides is 29. The third-order valence-electron chi connectivity index (χ3n) is 4.83. The van der Waals surface area contributed by atoms with Crippen LogP contribution in [0.2, 0.25) is 0 Å². The number of hydrogen-bond acceptors (Lipinski definition) is 6. The molecular weight excluding hydrogens is 839 g/mol. The summed E-state index contributed by atoms with van der Waals surface area (Å²) >= 11 is 0. The van der Waals surface area contributed by atoms with E-state index >= 15 is 0 Å². The summed E-state index contributed by atoms with van der Waals surface area (Å²) in [5.41, 5.74) is 0. The average molecular weight is 842 g/mol. The summed E-state index contributed by atoms with van der Waals surface area (Å²) in [7, 11) is -0.505. The van der Waals surface area contributed by atoms with E-state index in [9.17, 15) is 132 Å². The van der Waals surface area contributed by atoms with Crippen molar-refractivity contribution in [3.8, 4) is 0 Å². The van der Waals surface area contributed by atoms with Crippen molar-refractivity contribution in [1.29, 1.82) is 0 Å². The van der Waals surface area contributed by atoms with Crippen molar-refractivity contribution < 1.29 is 156 Å². The summed E-state index contributed by atoms with van der Waals surface area (Å²) < 4.78 is 392. The largest absolute Gasteiger partial charge is 0.465 e. The second kappa shape index (κ2) is 12.7. The van der Waals surface area contributed by atoms with E-state index in [1.165, 1.54) is 4.74 Å². The fourth-order valence-corrected chi connectivity index (χ4v) is 2.33. The summed E-state index contributed by atoms with van der Waals surface area (Å²) in [6, 6.07) is 0. The first-order valence-corrected chi connectivity index (χ1v) is 10.4. The lowest BCUT2D eigenvalue weighted by atomic mass is 10.2. The van der Waals surface area contributed by atoms with Crippen LogP contribution in [0, 0.1) is 0 Å². The molecule has 0 aromatic rings. The summed E-state index contributed by atoms with van der Waals surface area (Å²) in [5.74, 6) is -47.0. The van der Waals surface area contributed by atoms with Gasteiger partial charge in [0.15, 0.2) is 0 Å². The summed E-state index contributed by atoms with van der Waals surface area (Å²) in [4.78, 5) is 10.9. The van der Waals surface area contributed by atoms with Gasteiger partial charge in [-0.3, -0.25) is 18.9 Å². The van der Waals surface area contributed by atoms with Gasteiger partial charge < -0.3 is 4.74 Å². The number of carbonyl (C=O) groups is 1. The maximum atomic E-state index is 14.4. The number of rotatable bonds is 13. The lowest BCUT2D eigenvalue weighted by Gasteiger charge is -2.43. The van der Waals surface area contributed by atoms with Crippen LogP contribution in [0.25, 0.3) is 0 Å². The molecule has 0 aliphatic carbocycles. The Bertz CT molecular complexity index is 1250. The van der Waals surface area contributed by atoms with Gasteiger partial charge in [-0.1, -0.05) is 0 Å². The zero-order valence-corrected chi connectivity index (χ0v) is 21.9. The lowest BCUT2D eigenvalue weighted by molar-refractivity contribution is -0.592. The van der Waals surface area contributed by atoms with E-state index in [-0.39, 0.29) is 0 Å². The van der Waals surface area contributed by atoms with Crippen molar-refractivity contribution in [2.45, 2.75) is 84.7 Å². The molecular formula is C16H3F29O6. The summed E-state index contributed by atoms with van der Waals surface area (Å²) in [6.07, 6.45) is -77.4. The standard InChI is InChI=1S/C16H3F29O6/c1-47-2(46)3(17,8(23,24)25)48-14(40,41)5(20,10(29,30)31)50-16(44,45)7(22,12(35,36)37)51-15(42,43)6(21,11(32,33)34)49-13(38,39)4(18,19)9(26,27)28/h1H3/t3-,5-,6-,7-/m1/s1. The normalized spacial score (nSPS) is 20.2. The van der Waals surface area contributed by atoms with E-state index in [2.05, 4.69) is 4.74 Å². The Morgan fingerprint density at radius 2 is 0.569 bits per heavy atom. The van der Waals surface area contributed by atoms with Crippen molar-refractivity contribution in [3.05, 3.63) is 0 Å². The average Bonchev–Trinajstić information content (AvgIpc) is 2.83. The first-order chi connectivity index (χ1) is 21.6. The molecule has 0 aromatic heterocycles. The minimum Gasteiger partial charge on any atom is -0.465 e. The van der Waals surface area contributed by atoms with Gasteiger partial charge in [-0.25, -0.2) is 4.79 Å². The van der Waals surface area contributed by atoms with Crippen molar-refractivity contribution in [2.24, 2.45) is 0 Å². The topological polar surface area (TPSA) is 63.2 Å². The van der Waals surface area contributed by atoms with E-state index in [0.29, 0.717) is 0 Å². The van der Waals surface area contributed by atoms with Gasteiger partial charge in [0.05, 0.1) is 7.11 Å². The third-order valence-corrected chi connectivity index (χ3v) is 4.83. The third kappa shape index (κ3) is 7.97. The van der Waals surface area contributed by atoms with Crippen LogP contribution >= 0.6 is 0 Å². The smallest absolute Gasteiger partial charge is 0.462 e. The molecule has 0 heterocycles. The van der Waals surface area contributed by atoms with Crippen LogP contribution in [0.15, 0.2) is 0 Å². The molecule has 306 valence electrons. The molecule has 0 aromatic carbocycles. The van der Waals surface area contributed by atoms with Crippen LogP contribution in [-0.4, -0.2) is 97.7 Å². The van der Waals surface area contributed by atoms with Crippen molar-refractivity contribution in [3.63, 3.8) is 0 Å². The van der Waals surface area contributed by atoms with E-state index < -0.39 is 97.7 Å². The van der Waals surface area contributed by atoms with Crippen LogP contribution < -0.4 is 0 Å². The Morgan fingerprint density at radius 3 is 0.765 bits per heavy atom. The molecule has 0 rings (SSSR count). The molecule has 0 spiro atoms. The van der Waals surface area contributed by atoms with Crippen molar-refractivity contribution >= 4 is 5.97 Å². The Balaban J connectivity index is 7.72. The van der Waals surface area contributed by atoms with E-state index in [0.717, 1.165) is 14.2 Å². The Labute approximate surface area is 255 Å². The zero-order chi connectivity index (χ0) is 42.1. The molecule has 4 atom stereocenters. The van der Waals surface area contributed by atoms with E-state index in [4.69, 9.17) is 0 Å². The summed E-state index contributed by atoms with van der Waals surface area (Å²) in [5, 5.41) is 0. The Hall–Kier alpha value is -2.72. The molecule has 0 radical (unpaired) electrons. The molecule has 0 unspecified atom stereocenters. The predicted octanol–water partition coefficient (Wildman–Crippen LogP) is 8.71. The quantitative estimate of drug-likeness (QED) is 0.137. The van der Waals surface area contributed by atoms with E-state index in [1.54, 1.807) is 0 Å². The van der Waals surface area contributed by atoms with Crippen molar-refractivity contribution in [1.82, 2.24) is 0 Å². The highest BCUT2D eigenvalue weighted by atomic mass is 19.4. The van der Waals surface area contributed by atoms with Gasteiger partial charge in [0.25, 0.3) is 0 Å². The molecule has 0 aliphatic heterocycles. The monoisotopic (exact) mass is 842 g/mol. The minimum atomic E-state index is -9.24. The van der Waals surface area contributed by atoms with Crippen LogP contribution in [0.5, 0.6) is 0 Å². The van der Waals surface area contributed by atoms with E-state index in [1.807, 2.05) is 0 Å². The van der Waals surface area contributed by atoms with Gasteiger partial charge in [-0.15, -0.1) is 0 Å². The van der Waals surface area contributed by atoms with Gasteiger partial charge in [-0.05, 0) is 0 Å². The fourth-order valence-electron chi connectivity index (χ4n) is 2.33. The maximum Gasteiger partial charge on any atom is 0.462 e. The SMILES string of the molecule is COC(=O)[C@@](F)(OC(F)(F)[C@](F)(OC(F)(F)[C@](F)(OC(F)(F)[C@](F)(OC(F)(F)C(F)(F)C(F)(F)F)C(F)(F)F)C(F)(F)F)C(F)(F)F)C(F)(F)F. The molecule has 0 bridgehead atoms. The van der Waals surface area contributed by atoms with Crippen molar-refractivity contribution in [2.75, 3.05) is 7.11 Å². The number of methoxy groups -OCH3 is 1. The second-order valence-electron chi connectivity index (χ2n) is 8.41. The fraction of sp³-hybridized carbons (Fsp3) is 0.938. The zero-order valence-electron chi connectivity index (χ0n) is 21.9. The highest BCUT2D eigenvalue weighted by Crippen LogP contribution is 2.61. The van der Waals surface area contributed by atoms with Gasteiger partial charge in [0.1, 0.15) is 0 Å². The number of hydrogen-bond donors (Lipinski definition) is 0. The minimum absolute atomic E-state index is 0.505. The molecule has 0 saturated heterocycles. The highest BCUT2D eigenvalue weighted by Gasteiger charge is 2.90. The first kappa shape index (κ1) is 48.3. The van der Waals surface area contributed by atoms with Gasteiger partial charge in [-0.2, -0.15) is 127 Å². The molecule has 35 heteroatoms. The molecule has 0 aliphatic rings. The number of halogens is 29. The lowest BCUT2D eigenvalue weighted by Crippen LogP contribution is -2.72. The predicted molar refractivity (Wildman–Crippen MR) is 86.7 cm³/mol. The molecule has 51 heavy (non-hydrogen) atoms. The van der Waals surface area contributed by atoms with Gasteiger partial charge >= 0.3 is 90.6 Å². The van der Waals surface area contributed by atoms with Crippen LogP contribution in [-0.2, 0) is 28.5 Å². The molecule has 0 saturated carbocycles. The molecule has 0 fully saturated rings. The van der Waals surface area contributed by atoms with Crippen LogP contribution in [0.1, 0.15) is 0 Å². The number of carbonyl (C=O) groups excluding carboxylic acids is 1. The number of ether oxygens (including phenoxy) is 5. The van der Waals surface area contributed by atoms with Gasteiger partial charge in [0.2, 0.25) is 0 Å².